The van der Waals surface area contributed by atoms with Crippen molar-refractivity contribution in [2.45, 2.75) is 38.1 Å². The van der Waals surface area contributed by atoms with Gasteiger partial charge in [0.05, 0.1) is 13.8 Å². The fourth-order valence-corrected chi connectivity index (χ4v) is 4.54. The highest BCUT2D eigenvalue weighted by atomic mass is 16.5. The number of amides is 3. The van der Waals surface area contributed by atoms with Gasteiger partial charge in [-0.2, -0.15) is 0 Å². The summed E-state index contributed by atoms with van der Waals surface area (Å²) in [6, 6.07) is 7.86. The minimum atomic E-state index is -0.644. The molecule has 1 aromatic carbocycles. The standard InChI is InChI=1S/C21H30N4O3/c1-16-7-9-21(10-8-16)19(26)25(20(27)22-21)15-23-11-13-24(14-12-23)17-3-5-18(28-2)6-4-17/h3-6,16H,7-15H2,1-2H3,(H,22,27). The van der Waals surface area contributed by atoms with Crippen LogP contribution in [0.3, 0.4) is 0 Å². The van der Waals surface area contributed by atoms with E-state index in [-0.39, 0.29) is 11.9 Å². The molecule has 2 aliphatic heterocycles. The Hall–Kier alpha value is -2.28. The third-order valence-electron chi connectivity index (χ3n) is 6.53. The number of carbonyl (C=O) groups excluding carboxylic acids is 2. The van der Waals surface area contributed by atoms with Crippen molar-refractivity contribution < 1.29 is 14.3 Å². The number of ether oxygens (including phenoxy) is 1. The monoisotopic (exact) mass is 386 g/mol. The molecule has 2 heterocycles. The number of piperazine rings is 1. The Balaban J connectivity index is 1.33. The molecule has 3 amide bonds. The summed E-state index contributed by atoms with van der Waals surface area (Å²) >= 11 is 0. The van der Waals surface area contributed by atoms with Crippen molar-refractivity contribution in [2.75, 3.05) is 44.9 Å². The summed E-state index contributed by atoms with van der Waals surface area (Å²) in [7, 11) is 1.67. The van der Waals surface area contributed by atoms with Crippen LogP contribution >= 0.6 is 0 Å². The second-order valence-electron chi connectivity index (χ2n) is 8.37. The largest absolute Gasteiger partial charge is 0.497 e. The number of urea groups is 1. The molecular formula is C21H30N4O3. The van der Waals surface area contributed by atoms with Crippen molar-refractivity contribution in [3.05, 3.63) is 24.3 Å². The summed E-state index contributed by atoms with van der Waals surface area (Å²) in [6.45, 7) is 6.00. The molecule has 7 nitrogen and oxygen atoms in total. The summed E-state index contributed by atoms with van der Waals surface area (Å²) in [5.41, 5.74) is 0.528. The van der Waals surface area contributed by atoms with Crippen LogP contribution in [0.25, 0.3) is 0 Å². The fraction of sp³-hybridized carbons (Fsp3) is 0.619. The first-order valence-electron chi connectivity index (χ1n) is 10.3. The first-order valence-corrected chi connectivity index (χ1v) is 10.3. The van der Waals surface area contributed by atoms with Crippen molar-refractivity contribution in [3.63, 3.8) is 0 Å². The molecule has 1 N–H and O–H groups in total. The molecule has 152 valence electrons. The molecule has 0 aromatic heterocycles. The number of methoxy groups -OCH3 is 1. The Morgan fingerprint density at radius 3 is 2.32 bits per heavy atom. The highest BCUT2D eigenvalue weighted by Crippen LogP contribution is 2.36. The molecule has 3 aliphatic rings. The second-order valence-corrected chi connectivity index (χ2v) is 8.37. The van der Waals surface area contributed by atoms with E-state index in [1.807, 2.05) is 12.1 Å². The summed E-state index contributed by atoms with van der Waals surface area (Å²) < 4.78 is 5.22. The minimum Gasteiger partial charge on any atom is -0.497 e. The summed E-state index contributed by atoms with van der Waals surface area (Å²) in [5, 5.41) is 3.01. The number of hydrogen-bond donors (Lipinski definition) is 1. The number of carbonyl (C=O) groups is 2. The molecule has 1 aromatic rings. The number of anilines is 1. The molecule has 0 bridgehead atoms. The Morgan fingerprint density at radius 2 is 1.71 bits per heavy atom. The highest BCUT2D eigenvalue weighted by Gasteiger charge is 2.52. The van der Waals surface area contributed by atoms with E-state index in [2.05, 4.69) is 34.2 Å². The third-order valence-corrected chi connectivity index (χ3v) is 6.53. The van der Waals surface area contributed by atoms with E-state index in [9.17, 15) is 9.59 Å². The van der Waals surface area contributed by atoms with E-state index < -0.39 is 5.54 Å². The zero-order chi connectivity index (χ0) is 19.7. The van der Waals surface area contributed by atoms with Crippen LogP contribution in [-0.4, -0.2) is 67.2 Å². The SMILES string of the molecule is COc1ccc(N2CCN(CN3C(=O)NC4(CCC(C)CC4)C3=O)CC2)cc1. The molecule has 1 saturated carbocycles. The number of imide groups is 1. The maximum Gasteiger partial charge on any atom is 0.326 e. The van der Waals surface area contributed by atoms with Crippen LogP contribution in [0.15, 0.2) is 24.3 Å². The van der Waals surface area contributed by atoms with Gasteiger partial charge in [-0.05, 0) is 55.9 Å². The van der Waals surface area contributed by atoms with E-state index in [0.717, 1.165) is 57.6 Å². The normalized spacial score (nSPS) is 28.7. The maximum atomic E-state index is 13.0. The average molecular weight is 386 g/mol. The van der Waals surface area contributed by atoms with Gasteiger partial charge in [-0.3, -0.25) is 9.69 Å². The van der Waals surface area contributed by atoms with Gasteiger partial charge >= 0.3 is 6.03 Å². The van der Waals surface area contributed by atoms with E-state index in [0.29, 0.717) is 12.6 Å². The zero-order valence-electron chi connectivity index (χ0n) is 16.8. The van der Waals surface area contributed by atoms with Gasteiger partial charge in [0, 0.05) is 31.9 Å². The molecule has 3 fully saturated rings. The lowest BCUT2D eigenvalue weighted by Crippen LogP contribution is -2.52. The van der Waals surface area contributed by atoms with Crippen LogP contribution in [0.5, 0.6) is 5.75 Å². The van der Waals surface area contributed by atoms with Crippen LogP contribution < -0.4 is 15.0 Å². The van der Waals surface area contributed by atoms with E-state index in [1.54, 1.807) is 7.11 Å². The van der Waals surface area contributed by atoms with Crippen molar-refractivity contribution in [2.24, 2.45) is 5.92 Å². The van der Waals surface area contributed by atoms with Gasteiger partial charge in [-0.15, -0.1) is 0 Å². The smallest absolute Gasteiger partial charge is 0.326 e. The van der Waals surface area contributed by atoms with Crippen LogP contribution in [0.1, 0.15) is 32.6 Å². The van der Waals surface area contributed by atoms with E-state index >= 15 is 0 Å². The molecule has 2 saturated heterocycles. The molecule has 28 heavy (non-hydrogen) atoms. The molecule has 4 rings (SSSR count). The second kappa shape index (κ2) is 7.62. The van der Waals surface area contributed by atoms with Gasteiger partial charge < -0.3 is 15.0 Å². The zero-order valence-corrected chi connectivity index (χ0v) is 16.8. The number of rotatable bonds is 4. The fourth-order valence-electron chi connectivity index (χ4n) is 4.54. The number of nitrogens with zero attached hydrogens (tertiary/aromatic N) is 3. The molecule has 7 heteroatoms. The van der Waals surface area contributed by atoms with Gasteiger partial charge in [0.2, 0.25) is 0 Å². The van der Waals surface area contributed by atoms with Crippen molar-refractivity contribution in [1.82, 2.24) is 15.1 Å². The molecule has 1 aliphatic carbocycles. The summed E-state index contributed by atoms with van der Waals surface area (Å²) in [4.78, 5) is 31.5. The Labute approximate surface area is 166 Å². The molecular weight excluding hydrogens is 356 g/mol. The third kappa shape index (κ3) is 3.55. The molecule has 0 radical (unpaired) electrons. The van der Waals surface area contributed by atoms with Crippen LogP contribution in [0, 0.1) is 5.92 Å². The minimum absolute atomic E-state index is 0.0259. The molecule has 0 atom stereocenters. The lowest BCUT2D eigenvalue weighted by atomic mass is 9.77. The lowest BCUT2D eigenvalue weighted by molar-refractivity contribution is -0.134. The van der Waals surface area contributed by atoms with Crippen LogP contribution in [0.2, 0.25) is 0 Å². The molecule has 0 unspecified atom stereocenters. The number of nitrogens with one attached hydrogen (secondary N) is 1. The van der Waals surface area contributed by atoms with Crippen molar-refractivity contribution in [1.29, 1.82) is 0 Å². The maximum absolute atomic E-state index is 13.0. The Morgan fingerprint density at radius 1 is 1.07 bits per heavy atom. The van der Waals surface area contributed by atoms with Gasteiger partial charge in [0.1, 0.15) is 11.3 Å². The van der Waals surface area contributed by atoms with Gasteiger partial charge in [-0.1, -0.05) is 6.92 Å². The quantitative estimate of drug-likeness (QED) is 0.805. The lowest BCUT2D eigenvalue weighted by Gasteiger charge is -2.37. The first-order chi connectivity index (χ1) is 13.5. The summed E-state index contributed by atoms with van der Waals surface area (Å²) in [5.74, 6) is 1.46. The van der Waals surface area contributed by atoms with Crippen molar-refractivity contribution in [3.8, 4) is 5.75 Å². The van der Waals surface area contributed by atoms with E-state index in [1.165, 1.54) is 10.6 Å². The van der Waals surface area contributed by atoms with Crippen LogP contribution in [-0.2, 0) is 4.79 Å². The predicted octanol–water partition coefficient (Wildman–Crippen LogP) is 2.28. The van der Waals surface area contributed by atoms with E-state index in [4.69, 9.17) is 4.74 Å². The topological polar surface area (TPSA) is 65.1 Å². The van der Waals surface area contributed by atoms with Gasteiger partial charge in [-0.25, -0.2) is 9.69 Å². The average Bonchev–Trinajstić information content (AvgIpc) is 2.95. The predicted molar refractivity (Wildman–Crippen MR) is 107 cm³/mol. The van der Waals surface area contributed by atoms with Gasteiger partial charge in [0.25, 0.3) is 5.91 Å². The highest BCUT2D eigenvalue weighted by molar-refractivity contribution is 6.07. The van der Waals surface area contributed by atoms with Crippen LogP contribution in [0.4, 0.5) is 10.5 Å². The van der Waals surface area contributed by atoms with Crippen molar-refractivity contribution >= 4 is 17.6 Å². The van der Waals surface area contributed by atoms with Gasteiger partial charge in [0.15, 0.2) is 0 Å². The number of hydrogen-bond acceptors (Lipinski definition) is 5. The summed E-state index contributed by atoms with van der Waals surface area (Å²) in [6.07, 6.45) is 3.53. The Kier molecular flexibility index (Phi) is 5.19. The Bertz CT molecular complexity index is 720. The number of benzene rings is 1. The molecule has 1 spiro atoms. The first kappa shape index (κ1) is 19.1.